The van der Waals surface area contributed by atoms with Crippen molar-refractivity contribution in [3.8, 4) is 0 Å². The van der Waals surface area contributed by atoms with Crippen molar-refractivity contribution in [1.29, 1.82) is 0 Å². The molecule has 3 nitrogen and oxygen atoms in total. The Labute approximate surface area is 128 Å². The van der Waals surface area contributed by atoms with E-state index in [1.807, 2.05) is 0 Å². The van der Waals surface area contributed by atoms with E-state index in [2.05, 4.69) is 0 Å². The molecule has 0 N–H and O–H groups in total. The summed E-state index contributed by atoms with van der Waals surface area (Å²) in [5, 5.41) is 0. The standard InChI is InChI=1S/C12H23O3PS.Zn/c13-16(17,14-11-7-3-1-4-8-11)15-12-9-5-2-6-10-12;/h11-12H,1-10H2,(H,13,17);/p-1. The quantitative estimate of drug-likeness (QED) is 0.581. The maximum atomic E-state index is 12.1. The van der Waals surface area contributed by atoms with Gasteiger partial charge < -0.3 is 13.9 Å². The van der Waals surface area contributed by atoms with Gasteiger partial charge in [-0.2, -0.15) is 0 Å². The molecule has 0 aromatic heterocycles. The van der Waals surface area contributed by atoms with Crippen LogP contribution in [0.1, 0.15) is 64.2 Å². The molecular formula is C12H22O3PSZn-. The zero-order valence-electron chi connectivity index (χ0n) is 11.0. The van der Waals surface area contributed by atoms with Gasteiger partial charge in [0, 0.05) is 19.5 Å². The van der Waals surface area contributed by atoms with E-state index in [0.29, 0.717) is 0 Å². The third kappa shape index (κ3) is 6.07. The van der Waals surface area contributed by atoms with Crippen LogP contribution in [-0.4, -0.2) is 12.2 Å². The van der Waals surface area contributed by atoms with E-state index in [1.165, 1.54) is 12.8 Å². The van der Waals surface area contributed by atoms with Crippen LogP contribution in [-0.2, 0) is 40.3 Å². The summed E-state index contributed by atoms with van der Waals surface area (Å²) >= 11 is 5.02. The SMILES string of the molecule is [O-]P(=S)(OC1CCCCC1)OC1CCCCC1.[Zn]. The molecule has 0 radical (unpaired) electrons. The van der Waals surface area contributed by atoms with Gasteiger partial charge in [-0.15, -0.1) is 0 Å². The zero-order chi connectivity index (χ0) is 12.1. The summed E-state index contributed by atoms with van der Waals surface area (Å²) in [7, 11) is 0. The van der Waals surface area contributed by atoms with Crippen LogP contribution in [0.4, 0.5) is 0 Å². The van der Waals surface area contributed by atoms with E-state index in [-0.39, 0.29) is 31.7 Å². The second-order valence-electron chi connectivity index (χ2n) is 5.18. The van der Waals surface area contributed by atoms with Gasteiger partial charge in [0.1, 0.15) is 6.72 Å². The molecule has 0 aromatic rings. The Balaban J connectivity index is 0.00000162. The van der Waals surface area contributed by atoms with E-state index < -0.39 is 6.72 Å². The van der Waals surface area contributed by atoms with Gasteiger partial charge in [0.2, 0.25) is 0 Å². The van der Waals surface area contributed by atoms with Gasteiger partial charge in [-0.25, -0.2) is 0 Å². The van der Waals surface area contributed by atoms with Crippen LogP contribution in [0.3, 0.4) is 0 Å². The molecule has 2 saturated carbocycles. The Kier molecular flexibility index (Phi) is 8.07. The normalized spacial score (nSPS) is 23.6. The molecule has 0 unspecified atom stereocenters. The van der Waals surface area contributed by atoms with Crippen LogP contribution in [0.2, 0.25) is 0 Å². The molecule has 6 heteroatoms. The first-order chi connectivity index (χ1) is 8.16. The molecule has 102 valence electrons. The van der Waals surface area contributed by atoms with E-state index >= 15 is 0 Å². The maximum Gasteiger partial charge on any atom is 0.116 e. The second-order valence-corrected chi connectivity index (χ2v) is 7.84. The predicted molar refractivity (Wildman–Crippen MR) is 70.2 cm³/mol. The second kappa shape index (κ2) is 8.44. The first kappa shape index (κ1) is 17.2. The van der Waals surface area contributed by atoms with Gasteiger partial charge in [-0.1, -0.05) is 50.3 Å². The fourth-order valence-electron chi connectivity index (χ4n) is 2.73. The van der Waals surface area contributed by atoms with Gasteiger partial charge in [0.15, 0.2) is 0 Å². The molecule has 2 rings (SSSR count). The summed E-state index contributed by atoms with van der Waals surface area (Å²) in [6.45, 7) is -3.25. The van der Waals surface area contributed by atoms with Crippen molar-refractivity contribution in [3.63, 3.8) is 0 Å². The smallest absolute Gasteiger partial charge is 0.116 e. The van der Waals surface area contributed by atoms with Crippen molar-refractivity contribution in [2.24, 2.45) is 0 Å². The van der Waals surface area contributed by atoms with E-state index in [0.717, 1.165) is 51.4 Å². The molecular weight excluding hydrogens is 321 g/mol. The van der Waals surface area contributed by atoms with Gasteiger partial charge in [0.25, 0.3) is 0 Å². The van der Waals surface area contributed by atoms with Crippen LogP contribution < -0.4 is 4.89 Å². The van der Waals surface area contributed by atoms with Crippen molar-refractivity contribution in [1.82, 2.24) is 0 Å². The van der Waals surface area contributed by atoms with Gasteiger partial charge in [0.05, 0.1) is 12.2 Å². The molecule has 0 aromatic carbocycles. The molecule has 0 heterocycles. The number of hydrogen-bond donors (Lipinski definition) is 0. The minimum absolute atomic E-state index is 0. The molecule has 0 saturated heterocycles. The van der Waals surface area contributed by atoms with E-state index in [1.54, 1.807) is 0 Å². The van der Waals surface area contributed by atoms with Gasteiger partial charge in [-0.05, 0) is 25.7 Å². The summed E-state index contributed by atoms with van der Waals surface area (Å²) in [6, 6.07) is 0. The summed E-state index contributed by atoms with van der Waals surface area (Å²) in [6.07, 6.45) is 11.2. The summed E-state index contributed by atoms with van der Waals surface area (Å²) in [4.78, 5) is 12.1. The predicted octanol–water partition coefficient (Wildman–Crippen LogP) is 3.27. The van der Waals surface area contributed by atoms with E-state index in [4.69, 9.17) is 20.9 Å². The van der Waals surface area contributed by atoms with E-state index in [9.17, 15) is 4.89 Å². The van der Waals surface area contributed by atoms with Crippen molar-refractivity contribution in [2.75, 3.05) is 0 Å². The van der Waals surface area contributed by atoms with Crippen molar-refractivity contribution < 1.29 is 33.4 Å². The van der Waals surface area contributed by atoms with Crippen LogP contribution in [0.5, 0.6) is 0 Å². The third-order valence-electron chi connectivity index (χ3n) is 3.66. The van der Waals surface area contributed by atoms with Crippen molar-refractivity contribution >= 4 is 18.5 Å². The third-order valence-corrected chi connectivity index (χ3v) is 5.29. The number of hydrogen-bond acceptors (Lipinski definition) is 4. The van der Waals surface area contributed by atoms with Gasteiger partial charge >= 0.3 is 0 Å². The summed E-state index contributed by atoms with van der Waals surface area (Å²) in [5.41, 5.74) is 0. The monoisotopic (exact) mass is 341 g/mol. The molecule has 0 spiro atoms. The van der Waals surface area contributed by atoms with Crippen LogP contribution in [0, 0.1) is 0 Å². The molecule has 0 amide bonds. The minimum atomic E-state index is -3.25. The molecule has 0 bridgehead atoms. The van der Waals surface area contributed by atoms with Crippen molar-refractivity contribution in [3.05, 3.63) is 0 Å². The molecule has 18 heavy (non-hydrogen) atoms. The molecule has 0 aliphatic heterocycles. The summed E-state index contributed by atoms with van der Waals surface area (Å²) < 4.78 is 11.1. The Morgan fingerprint density at radius 2 is 1.11 bits per heavy atom. The maximum absolute atomic E-state index is 12.1. The molecule has 2 aliphatic rings. The van der Waals surface area contributed by atoms with Gasteiger partial charge in [-0.3, -0.25) is 0 Å². The number of rotatable bonds is 4. The Morgan fingerprint density at radius 1 is 0.778 bits per heavy atom. The Hall–Kier alpha value is 1.15. The largest absolute Gasteiger partial charge is 0.780 e. The minimum Gasteiger partial charge on any atom is -0.780 e. The van der Waals surface area contributed by atoms with Crippen molar-refractivity contribution in [2.45, 2.75) is 76.4 Å². The zero-order valence-corrected chi connectivity index (χ0v) is 15.7. The van der Waals surface area contributed by atoms with Crippen LogP contribution >= 0.6 is 6.72 Å². The van der Waals surface area contributed by atoms with Crippen LogP contribution in [0.25, 0.3) is 0 Å². The molecule has 2 fully saturated rings. The Morgan fingerprint density at radius 3 is 1.44 bits per heavy atom. The fourth-order valence-corrected chi connectivity index (χ4v) is 4.66. The molecule has 0 atom stereocenters. The first-order valence-electron chi connectivity index (χ1n) is 6.83. The summed E-state index contributed by atoms with van der Waals surface area (Å²) in [5.74, 6) is 0. The topological polar surface area (TPSA) is 41.5 Å². The average Bonchev–Trinajstić information content (AvgIpc) is 2.30. The first-order valence-corrected chi connectivity index (χ1v) is 9.39. The fraction of sp³-hybridized carbons (Fsp3) is 1.00. The Bertz CT molecular complexity index is 254. The average molecular weight is 343 g/mol. The molecule has 2 aliphatic carbocycles. The van der Waals surface area contributed by atoms with Crippen LogP contribution in [0.15, 0.2) is 0 Å².